The van der Waals surface area contributed by atoms with E-state index in [0.29, 0.717) is 0 Å². The normalized spacial score (nSPS) is 19.1. The first-order valence-corrected chi connectivity index (χ1v) is 10.2. The highest BCUT2D eigenvalue weighted by atomic mass is 32.1. The van der Waals surface area contributed by atoms with Gasteiger partial charge in [-0.25, -0.2) is 0 Å². The highest BCUT2D eigenvalue weighted by Crippen LogP contribution is 2.43. The molecule has 0 spiro atoms. The van der Waals surface area contributed by atoms with Crippen LogP contribution in [0.2, 0.25) is 0 Å². The number of hydrogen-bond donors (Lipinski definition) is 1. The van der Waals surface area contributed by atoms with Gasteiger partial charge in [0.15, 0.2) is 0 Å². The Bertz CT molecular complexity index is 978. The molecule has 5 heteroatoms. The molecule has 0 radical (unpaired) electrons. The number of carbonyl (C=O) groups excluding carboxylic acids is 2. The largest absolute Gasteiger partial charge is 0.326 e. The Labute approximate surface area is 168 Å². The van der Waals surface area contributed by atoms with E-state index in [2.05, 4.69) is 5.32 Å². The molecule has 2 atom stereocenters. The summed E-state index contributed by atoms with van der Waals surface area (Å²) >= 11 is 1.58. The van der Waals surface area contributed by atoms with E-state index in [4.69, 9.17) is 0 Å². The van der Waals surface area contributed by atoms with Crippen LogP contribution in [0.4, 0.5) is 11.4 Å². The Morgan fingerprint density at radius 1 is 1.00 bits per heavy atom. The Kier molecular flexibility index (Phi) is 5.01. The molecule has 4 nitrogen and oxygen atoms in total. The number of carbonyl (C=O) groups is 2. The Morgan fingerprint density at radius 2 is 1.64 bits per heavy atom. The SMILES string of the molecule is Cc1ccc(NC(=O)[C@H]2CC(=O)N(c3ccc(C)cc3)[C@@H]2c2cccs2)cc1. The maximum atomic E-state index is 13.1. The minimum atomic E-state index is -0.436. The van der Waals surface area contributed by atoms with Gasteiger partial charge in [0, 0.05) is 22.7 Å². The Morgan fingerprint density at radius 3 is 2.25 bits per heavy atom. The smallest absolute Gasteiger partial charge is 0.230 e. The molecule has 0 bridgehead atoms. The lowest BCUT2D eigenvalue weighted by Crippen LogP contribution is -2.31. The van der Waals surface area contributed by atoms with Gasteiger partial charge in [-0.15, -0.1) is 11.3 Å². The Hall–Kier alpha value is -2.92. The summed E-state index contributed by atoms with van der Waals surface area (Å²) in [5.41, 5.74) is 3.86. The number of amides is 2. The van der Waals surface area contributed by atoms with Crippen LogP contribution >= 0.6 is 11.3 Å². The zero-order chi connectivity index (χ0) is 19.7. The molecule has 2 heterocycles. The van der Waals surface area contributed by atoms with Crippen LogP contribution in [0.1, 0.15) is 28.5 Å². The topological polar surface area (TPSA) is 49.4 Å². The monoisotopic (exact) mass is 390 g/mol. The summed E-state index contributed by atoms with van der Waals surface area (Å²) < 4.78 is 0. The number of rotatable bonds is 4. The first-order chi connectivity index (χ1) is 13.5. The average Bonchev–Trinajstić information content (AvgIpc) is 3.32. The Balaban J connectivity index is 1.66. The number of hydrogen-bond acceptors (Lipinski definition) is 3. The van der Waals surface area contributed by atoms with Gasteiger partial charge >= 0.3 is 0 Å². The molecule has 1 aromatic heterocycles. The fourth-order valence-corrected chi connectivity index (χ4v) is 4.52. The lowest BCUT2D eigenvalue weighted by Gasteiger charge is -2.27. The molecule has 3 aromatic rings. The molecule has 142 valence electrons. The van der Waals surface area contributed by atoms with E-state index < -0.39 is 5.92 Å². The molecule has 1 aliphatic heterocycles. The van der Waals surface area contributed by atoms with E-state index in [1.54, 1.807) is 16.2 Å². The molecule has 2 aromatic carbocycles. The van der Waals surface area contributed by atoms with Crippen molar-refractivity contribution in [3.05, 3.63) is 82.0 Å². The fraction of sp³-hybridized carbons (Fsp3) is 0.217. The van der Waals surface area contributed by atoms with Crippen LogP contribution in [0.25, 0.3) is 0 Å². The van der Waals surface area contributed by atoms with Gasteiger partial charge in [0.1, 0.15) is 0 Å². The van der Waals surface area contributed by atoms with Gasteiger partial charge in [0.05, 0.1) is 12.0 Å². The van der Waals surface area contributed by atoms with Crippen molar-refractivity contribution in [2.45, 2.75) is 26.3 Å². The van der Waals surface area contributed by atoms with Gasteiger partial charge in [0.2, 0.25) is 11.8 Å². The minimum absolute atomic E-state index is 0.0219. The van der Waals surface area contributed by atoms with E-state index in [-0.39, 0.29) is 24.3 Å². The molecule has 4 rings (SSSR count). The van der Waals surface area contributed by atoms with Crippen molar-refractivity contribution >= 4 is 34.5 Å². The van der Waals surface area contributed by atoms with Crippen molar-refractivity contribution in [3.63, 3.8) is 0 Å². The highest BCUT2D eigenvalue weighted by molar-refractivity contribution is 7.10. The van der Waals surface area contributed by atoms with E-state index in [0.717, 1.165) is 27.4 Å². The predicted molar refractivity (Wildman–Crippen MR) is 114 cm³/mol. The van der Waals surface area contributed by atoms with E-state index in [1.165, 1.54) is 0 Å². The molecule has 1 fully saturated rings. The lowest BCUT2D eigenvalue weighted by molar-refractivity contribution is -0.122. The third-order valence-electron chi connectivity index (χ3n) is 5.13. The number of thiophene rings is 1. The molecule has 2 amide bonds. The molecule has 0 unspecified atom stereocenters. The van der Waals surface area contributed by atoms with Crippen molar-refractivity contribution in [3.8, 4) is 0 Å². The van der Waals surface area contributed by atoms with Gasteiger partial charge in [-0.3, -0.25) is 9.59 Å². The molecule has 1 aliphatic rings. The van der Waals surface area contributed by atoms with Gasteiger partial charge < -0.3 is 10.2 Å². The molecule has 28 heavy (non-hydrogen) atoms. The maximum absolute atomic E-state index is 13.1. The maximum Gasteiger partial charge on any atom is 0.230 e. The zero-order valence-electron chi connectivity index (χ0n) is 15.9. The standard InChI is InChI=1S/C23H22N2O2S/c1-15-5-9-17(10-6-15)24-23(27)19-14-21(26)25(18-11-7-16(2)8-12-18)22(19)20-4-3-13-28-20/h3-13,19,22H,14H2,1-2H3,(H,24,27)/t19-,22-/m0/s1. The van der Waals surface area contributed by atoms with Gasteiger partial charge in [-0.05, 0) is 49.6 Å². The molecule has 1 N–H and O–H groups in total. The second-order valence-corrected chi connectivity index (χ2v) is 8.20. The molecular formula is C23H22N2O2S. The van der Waals surface area contributed by atoms with E-state index in [1.807, 2.05) is 79.9 Å². The fourth-order valence-electron chi connectivity index (χ4n) is 3.64. The summed E-state index contributed by atoms with van der Waals surface area (Å²) in [4.78, 5) is 28.8. The third-order valence-corrected chi connectivity index (χ3v) is 6.07. The number of anilines is 2. The molecular weight excluding hydrogens is 368 g/mol. The molecule has 1 saturated heterocycles. The van der Waals surface area contributed by atoms with Crippen LogP contribution in [0, 0.1) is 19.8 Å². The average molecular weight is 391 g/mol. The first kappa shape index (κ1) is 18.4. The first-order valence-electron chi connectivity index (χ1n) is 9.32. The number of nitrogens with one attached hydrogen (secondary N) is 1. The van der Waals surface area contributed by atoms with Crippen LogP contribution in [-0.2, 0) is 9.59 Å². The van der Waals surface area contributed by atoms with E-state index >= 15 is 0 Å². The summed E-state index contributed by atoms with van der Waals surface area (Å²) in [7, 11) is 0. The number of benzene rings is 2. The predicted octanol–water partition coefficient (Wildman–Crippen LogP) is 5.10. The second kappa shape index (κ2) is 7.60. The number of aryl methyl sites for hydroxylation is 2. The summed E-state index contributed by atoms with van der Waals surface area (Å²) in [6.07, 6.45) is 0.203. The second-order valence-electron chi connectivity index (χ2n) is 7.23. The minimum Gasteiger partial charge on any atom is -0.326 e. The van der Waals surface area contributed by atoms with Crippen LogP contribution in [0.3, 0.4) is 0 Å². The van der Waals surface area contributed by atoms with Crippen LogP contribution in [0.15, 0.2) is 66.0 Å². The van der Waals surface area contributed by atoms with Crippen molar-refractivity contribution in [1.82, 2.24) is 0 Å². The number of nitrogens with zero attached hydrogens (tertiary/aromatic N) is 1. The third kappa shape index (κ3) is 3.58. The van der Waals surface area contributed by atoms with Crippen molar-refractivity contribution in [1.29, 1.82) is 0 Å². The van der Waals surface area contributed by atoms with Crippen molar-refractivity contribution in [2.24, 2.45) is 5.92 Å². The van der Waals surface area contributed by atoms with Crippen molar-refractivity contribution in [2.75, 3.05) is 10.2 Å². The van der Waals surface area contributed by atoms with Gasteiger partial charge in [-0.2, -0.15) is 0 Å². The summed E-state index contributed by atoms with van der Waals surface area (Å²) in [6, 6.07) is 19.3. The van der Waals surface area contributed by atoms with Crippen LogP contribution in [0.5, 0.6) is 0 Å². The van der Waals surface area contributed by atoms with Crippen molar-refractivity contribution < 1.29 is 9.59 Å². The summed E-state index contributed by atoms with van der Waals surface area (Å²) in [6.45, 7) is 4.03. The van der Waals surface area contributed by atoms with E-state index in [9.17, 15) is 9.59 Å². The van der Waals surface area contributed by atoms with Crippen LogP contribution < -0.4 is 10.2 Å². The summed E-state index contributed by atoms with van der Waals surface area (Å²) in [5, 5.41) is 4.98. The van der Waals surface area contributed by atoms with Crippen LogP contribution in [-0.4, -0.2) is 11.8 Å². The van der Waals surface area contributed by atoms with Gasteiger partial charge in [-0.1, -0.05) is 41.5 Å². The quantitative estimate of drug-likeness (QED) is 0.674. The summed E-state index contributed by atoms with van der Waals surface area (Å²) in [5.74, 6) is -0.578. The van der Waals surface area contributed by atoms with Gasteiger partial charge in [0.25, 0.3) is 0 Å². The highest BCUT2D eigenvalue weighted by Gasteiger charge is 2.45. The zero-order valence-corrected chi connectivity index (χ0v) is 16.7. The molecule has 0 saturated carbocycles. The molecule has 0 aliphatic carbocycles. The lowest BCUT2D eigenvalue weighted by atomic mass is 9.97.